The van der Waals surface area contributed by atoms with E-state index in [1.807, 2.05) is 6.92 Å². The fourth-order valence-electron chi connectivity index (χ4n) is 2.22. The maximum Gasteiger partial charge on any atom is 0.256 e. The first-order chi connectivity index (χ1) is 9.13. The first-order valence-electron chi connectivity index (χ1n) is 6.58. The Hall–Kier alpha value is -1.62. The first kappa shape index (κ1) is 13.8. The van der Waals surface area contributed by atoms with Crippen LogP contribution in [0.15, 0.2) is 12.1 Å². The zero-order valence-corrected chi connectivity index (χ0v) is 11.1. The summed E-state index contributed by atoms with van der Waals surface area (Å²) in [4.78, 5) is 13.9. The van der Waals surface area contributed by atoms with Gasteiger partial charge in [-0.1, -0.05) is 13.3 Å². The second-order valence-corrected chi connectivity index (χ2v) is 4.69. The number of nitrogen functional groups attached to an aromatic ring is 1. The van der Waals surface area contributed by atoms with Gasteiger partial charge >= 0.3 is 0 Å². The summed E-state index contributed by atoms with van der Waals surface area (Å²) < 4.78 is 19.1. The van der Waals surface area contributed by atoms with Gasteiger partial charge in [0, 0.05) is 18.8 Å². The highest BCUT2D eigenvalue weighted by Crippen LogP contribution is 2.21. The molecule has 0 atom stereocenters. The quantitative estimate of drug-likeness (QED) is 0.849. The van der Waals surface area contributed by atoms with Crippen molar-refractivity contribution in [3.63, 3.8) is 0 Å². The van der Waals surface area contributed by atoms with Gasteiger partial charge in [-0.2, -0.15) is 0 Å². The average Bonchev–Trinajstić information content (AvgIpc) is 2.42. The van der Waals surface area contributed by atoms with E-state index in [-0.39, 0.29) is 11.5 Å². The molecule has 0 radical (unpaired) electrons. The smallest absolute Gasteiger partial charge is 0.256 e. The predicted octanol–water partition coefficient (Wildman–Crippen LogP) is 1.83. The summed E-state index contributed by atoms with van der Waals surface area (Å²) in [5.74, 6) is -0.827. The number of halogens is 1. The molecule has 1 saturated heterocycles. The summed E-state index contributed by atoms with van der Waals surface area (Å²) in [6.07, 6.45) is 1.65. The number of hydrogen-bond acceptors (Lipinski definition) is 3. The predicted molar refractivity (Wildman–Crippen MR) is 71.5 cm³/mol. The zero-order chi connectivity index (χ0) is 13.8. The summed E-state index contributed by atoms with van der Waals surface area (Å²) >= 11 is 0. The van der Waals surface area contributed by atoms with Crippen LogP contribution in [-0.4, -0.2) is 37.1 Å². The number of anilines is 1. The molecule has 0 spiro atoms. The fourth-order valence-corrected chi connectivity index (χ4v) is 2.22. The van der Waals surface area contributed by atoms with Crippen molar-refractivity contribution < 1.29 is 13.9 Å². The van der Waals surface area contributed by atoms with Crippen LogP contribution in [0.3, 0.4) is 0 Å². The summed E-state index contributed by atoms with van der Waals surface area (Å²) in [5, 5.41) is 0. The van der Waals surface area contributed by atoms with E-state index in [1.165, 1.54) is 6.07 Å². The molecular formula is C14H19FN2O2. The van der Waals surface area contributed by atoms with E-state index in [9.17, 15) is 9.18 Å². The Bertz CT molecular complexity index is 471. The Labute approximate surface area is 112 Å². The van der Waals surface area contributed by atoms with Crippen molar-refractivity contribution in [2.75, 3.05) is 32.0 Å². The van der Waals surface area contributed by atoms with Crippen LogP contribution in [0.1, 0.15) is 29.3 Å². The number of aryl methyl sites for hydroxylation is 1. The van der Waals surface area contributed by atoms with Crippen molar-refractivity contribution >= 4 is 11.6 Å². The van der Waals surface area contributed by atoms with Crippen LogP contribution in [0.4, 0.5) is 10.1 Å². The zero-order valence-electron chi connectivity index (χ0n) is 11.1. The number of carbonyl (C=O) groups is 1. The van der Waals surface area contributed by atoms with Crippen LogP contribution < -0.4 is 5.73 Å². The van der Waals surface area contributed by atoms with E-state index in [4.69, 9.17) is 10.5 Å². The molecule has 2 N–H and O–H groups in total. The molecule has 1 aromatic carbocycles. The summed E-state index contributed by atoms with van der Waals surface area (Å²) in [6, 6.07) is 2.84. The van der Waals surface area contributed by atoms with Crippen LogP contribution in [0.25, 0.3) is 0 Å². The average molecular weight is 266 g/mol. The lowest BCUT2D eigenvalue weighted by Gasteiger charge is -2.27. The molecule has 1 aliphatic heterocycles. The van der Waals surface area contributed by atoms with Gasteiger partial charge in [-0.3, -0.25) is 4.79 Å². The molecule has 2 rings (SSSR count). The molecule has 0 bridgehead atoms. The van der Waals surface area contributed by atoms with Crippen LogP contribution in [0, 0.1) is 5.82 Å². The van der Waals surface area contributed by atoms with Gasteiger partial charge in [0.15, 0.2) is 0 Å². The van der Waals surface area contributed by atoms with Gasteiger partial charge < -0.3 is 15.4 Å². The maximum absolute atomic E-state index is 13.9. The molecule has 19 heavy (non-hydrogen) atoms. The van der Waals surface area contributed by atoms with E-state index < -0.39 is 5.82 Å². The Morgan fingerprint density at radius 2 is 2.11 bits per heavy atom. The third kappa shape index (κ3) is 3.04. The molecule has 1 aromatic rings. The van der Waals surface area contributed by atoms with Gasteiger partial charge in [-0.05, 0) is 24.1 Å². The Balaban J connectivity index is 2.27. The van der Waals surface area contributed by atoms with Crippen LogP contribution in [-0.2, 0) is 11.2 Å². The molecule has 1 fully saturated rings. The van der Waals surface area contributed by atoms with Crippen molar-refractivity contribution in [2.24, 2.45) is 0 Å². The highest BCUT2D eigenvalue weighted by molar-refractivity contribution is 5.95. The number of ether oxygens (including phenoxy) is 1. The van der Waals surface area contributed by atoms with Crippen molar-refractivity contribution in [1.29, 1.82) is 0 Å². The Kier molecular flexibility index (Phi) is 4.37. The van der Waals surface area contributed by atoms with E-state index in [0.29, 0.717) is 32.0 Å². The Morgan fingerprint density at radius 3 is 2.74 bits per heavy atom. The summed E-state index contributed by atoms with van der Waals surface area (Å²) in [7, 11) is 0. The number of hydrogen-bond donors (Lipinski definition) is 1. The molecule has 5 heteroatoms. The minimum atomic E-state index is -0.547. The van der Waals surface area contributed by atoms with E-state index in [0.717, 1.165) is 18.4 Å². The van der Waals surface area contributed by atoms with Gasteiger partial charge in [0.1, 0.15) is 5.82 Å². The molecule has 1 heterocycles. The number of carbonyl (C=O) groups excluding carboxylic acids is 1. The Morgan fingerprint density at radius 1 is 1.42 bits per heavy atom. The van der Waals surface area contributed by atoms with Gasteiger partial charge in [-0.25, -0.2) is 4.39 Å². The summed E-state index contributed by atoms with van der Waals surface area (Å²) in [6.45, 7) is 4.04. The second kappa shape index (κ2) is 6.02. The van der Waals surface area contributed by atoms with Crippen molar-refractivity contribution in [2.45, 2.75) is 19.8 Å². The molecule has 0 unspecified atom stereocenters. The van der Waals surface area contributed by atoms with E-state index >= 15 is 0 Å². The number of nitrogens with zero attached hydrogens (tertiary/aromatic N) is 1. The summed E-state index contributed by atoms with van der Waals surface area (Å²) in [5.41, 5.74) is 7.13. The van der Waals surface area contributed by atoms with E-state index in [1.54, 1.807) is 11.0 Å². The SMILES string of the molecule is CCCc1cc(C(=O)N2CCOCC2)c(F)cc1N. The third-order valence-corrected chi connectivity index (χ3v) is 3.28. The highest BCUT2D eigenvalue weighted by Gasteiger charge is 2.22. The normalized spacial score (nSPS) is 15.6. The fraction of sp³-hybridized carbons (Fsp3) is 0.500. The minimum Gasteiger partial charge on any atom is -0.398 e. The molecule has 104 valence electrons. The number of morpholine rings is 1. The van der Waals surface area contributed by atoms with Crippen LogP contribution in [0.2, 0.25) is 0 Å². The van der Waals surface area contributed by atoms with Crippen molar-refractivity contribution in [3.05, 3.63) is 29.1 Å². The van der Waals surface area contributed by atoms with Crippen LogP contribution >= 0.6 is 0 Å². The number of benzene rings is 1. The lowest BCUT2D eigenvalue weighted by atomic mass is 10.0. The largest absolute Gasteiger partial charge is 0.398 e. The topological polar surface area (TPSA) is 55.6 Å². The maximum atomic E-state index is 13.9. The van der Waals surface area contributed by atoms with Crippen LogP contribution in [0.5, 0.6) is 0 Å². The number of nitrogens with two attached hydrogens (primary N) is 1. The lowest BCUT2D eigenvalue weighted by Crippen LogP contribution is -2.41. The lowest BCUT2D eigenvalue weighted by molar-refractivity contribution is 0.0300. The molecule has 1 amide bonds. The van der Waals surface area contributed by atoms with Gasteiger partial charge in [-0.15, -0.1) is 0 Å². The third-order valence-electron chi connectivity index (χ3n) is 3.28. The molecule has 0 aliphatic carbocycles. The van der Waals surface area contributed by atoms with Crippen molar-refractivity contribution in [1.82, 2.24) is 4.90 Å². The molecule has 1 aliphatic rings. The highest BCUT2D eigenvalue weighted by atomic mass is 19.1. The monoisotopic (exact) mass is 266 g/mol. The van der Waals surface area contributed by atoms with Crippen molar-refractivity contribution in [3.8, 4) is 0 Å². The molecule has 0 saturated carbocycles. The van der Waals surface area contributed by atoms with Gasteiger partial charge in [0.25, 0.3) is 5.91 Å². The van der Waals surface area contributed by atoms with Gasteiger partial charge in [0.05, 0.1) is 18.8 Å². The molecule has 0 aromatic heterocycles. The molecule has 4 nitrogen and oxygen atoms in total. The minimum absolute atomic E-state index is 0.111. The van der Waals surface area contributed by atoms with E-state index in [2.05, 4.69) is 0 Å². The standard InChI is InChI=1S/C14H19FN2O2/c1-2-3-10-8-11(12(15)9-13(10)16)14(18)17-4-6-19-7-5-17/h8-9H,2-7,16H2,1H3. The molecular weight excluding hydrogens is 247 g/mol. The second-order valence-electron chi connectivity index (χ2n) is 4.69. The van der Waals surface area contributed by atoms with Gasteiger partial charge in [0.2, 0.25) is 0 Å². The number of rotatable bonds is 3. The number of amides is 1. The first-order valence-corrected chi connectivity index (χ1v) is 6.58.